The number of ketones is 1. The highest BCUT2D eigenvalue weighted by Crippen LogP contribution is 2.58. The van der Waals surface area contributed by atoms with E-state index < -0.39 is 29.4 Å². The third kappa shape index (κ3) is 9.75. The molecule has 1 amide bonds. The topological polar surface area (TPSA) is 145 Å². The molecule has 1 unspecified atom stereocenters. The Morgan fingerprint density at radius 2 is 1.73 bits per heavy atom. The van der Waals surface area contributed by atoms with Gasteiger partial charge in [-0.05, 0) is 88.3 Å². The van der Waals surface area contributed by atoms with E-state index in [4.69, 9.17) is 35.5 Å². The number of nitrogens with zero attached hydrogens (tertiary/aromatic N) is 3. The van der Waals surface area contributed by atoms with Crippen LogP contribution in [-0.2, 0) is 28.7 Å². The Kier molecular flexibility index (Phi) is 12.9. The minimum absolute atomic E-state index is 0.0366. The van der Waals surface area contributed by atoms with Crippen LogP contribution in [0.5, 0.6) is 11.5 Å². The van der Waals surface area contributed by atoms with Crippen molar-refractivity contribution in [1.82, 2.24) is 14.8 Å². The van der Waals surface area contributed by atoms with Gasteiger partial charge in [0.1, 0.15) is 35.3 Å². The highest BCUT2D eigenvalue weighted by Gasteiger charge is 2.61. The van der Waals surface area contributed by atoms with Crippen LogP contribution in [0, 0.1) is 29.1 Å². The number of carbonyl (C=O) groups is 4. The van der Waals surface area contributed by atoms with Crippen molar-refractivity contribution < 1.29 is 43.2 Å². The molecular weight excluding hydrogens is 774 g/mol. The molecule has 6 fully saturated rings. The number of benzene rings is 1. The summed E-state index contributed by atoms with van der Waals surface area (Å²) in [7, 11) is 0. The number of morpholine rings is 1. The molecule has 3 aliphatic heterocycles. The number of amides is 1. The second-order valence-electron chi connectivity index (χ2n) is 18.4. The Labute approximate surface area is 352 Å². The molecule has 8 rings (SSSR count). The van der Waals surface area contributed by atoms with Gasteiger partial charge in [0.15, 0.2) is 5.78 Å². The van der Waals surface area contributed by atoms with Gasteiger partial charge in [-0.2, -0.15) is 0 Å². The van der Waals surface area contributed by atoms with Crippen LogP contribution in [0.15, 0.2) is 23.8 Å². The first-order chi connectivity index (χ1) is 28.5. The first kappa shape index (κ1) is 42.0. The molecule has 6 aliphatic rings. The third-order valence-corrected chi connectivity index (χ3v) is 14.2. The van der Waals surface area contributed by atoms with Gasteiger partial charge in [0.05, 0.1) is 48.8 Å². The van der Waals surface area contributed by atoms with E-state index in [0.717, 1.165) is 76.6 Å². The van der Waals surface area contributed by atoms with Crippen LogP contribution in [0.2, 0.25) is 5.02 Å². The summed E-state index contributed by atoms with van der Waals surface area (Å²) in [5.41, 5.74) is 1.08. The standard InChI is InChI=1S/C46H60ClN3O9/c1-28(2)18-33-23-40(36-10-11-39(42(47)43(36)48-33)57-17-14-49-12-15-56-16-13-49)58-35-24-37-38(51)26-46(45(54)55)25-32(46)9-7-5-3-4-6-8-29(44(53)50(37)27-35)22-41(52)59-34-20-30-19-31(30)21-34/h10-11,18,23,29-32,34-35,37H,3-9,12-17,19-22,24-27H2,1-2H3,(H,54,55)/t29-,30-,31+,32-,34?,35-,37+,46-/m1/s1. The normalized spacial score (nSPS) is 31.3. The number of ether oxygens (including phenoxy) is 4. The van der Waals surface area contributed by atoms with E-state index in [1.54, 1.807) is 4.90 Å². The number of Topliss-reactive ketones (excluding diaryl/α,β-unsaturated/α-hetero) is 1. The van der Waals surface area contributed by atoms with Crippen molar-refractivity contribution in [3.05, 3.63) is 34.5 Å². The third-order valence-electron chi connectivity index (χ3n) is 13.8. The van der Waals surface area contributed by atoms with Crippen LogP contribution >= 0.6 is 11.6 Å². The lowest BCUT2D eigenvalue weighted by Gasteiger charge is -2.29. The number of rotatable bonds is 11. The lowest BCUT2D eigenvalue weighted by molar-refractivity contribution is -0.154. The molecule has 3 saturated carbocycles. The number of fused-ring (bicyclic) bond motifs is 4. The van der Waals surface area contributed by atoms with Gasteiger partial charge in [0.25, 0.3) is 0 Å². The largest absolute Gasteiger partial charge is 0.491 e. The van der Waals surface area contributed by atoms with Crippen molar-refractivity contribution in [2.45, 2.75) is 122 Å². The number of carbonyl (C=O) groups excluding carboxylic acids is 3. The zero-order chi connectivity index (χ0) is 41.3. The van der Waals surface area contributed by atoms with Crippen LogP contribution in [0.4, 0.5) is 0 Å². The minimum Gasteiger partial charge on any atom is -0.491 e. The van der Waals surface area contributed by atoms with Crippen LogP contribution in [0.25, 0.3) is 17.0 Å². The summed E-state index contributed by atoms with van der Waals surface area (Å²) < 4.78 is 24.3. The van der Waals surface area contributed by atoms with Gasteiger partial charge >= 0.3 is 11.9 Å². The van der Waals surface area contributed by atoms with E-state index in [-0.39, 0.29) is 55.5 Å². The van der Waals surface area contributed by atoms with E-state index in [2.05, 4.69) is 4.90 Å². The molecule has 3 saturated heterocycles. The van der Waals surface area contributed by atoms with Gasteiger partial charge in [-0.1, -0.05) is 49.3 Å². The number of pyridine rings is 1. The number of hydrogen-bond acceptors (Lipinski definition) is 10. The average Bonchev–Trinajstić information content (AvgIpc) is 4.00. The number of carboxylic acids is 1. The number of allylic oxidation sites excluding steroid dienone is 1. The van der Waals surface area contributed by atoms with Gasteiger partial charge in [-0.15, -0.1) is 0 Å². The molecule has 0 bridgehead atoms. The van der Waals surface area contributed by atoms with Crippen LogP contribution < -0.4 is 9.47 Å². The predicted octanol–water partition coefficient (Wildman–Crippen LogP) is 7.51. The summed E-state index contributed by atoms with van der Waals surface area (Å²) in [5.74, 6) is -0.171. The van der Waals surface area contributed by atoms with Crippen LogP contribution in [0.1, 0.15) is 109 Å². The Hall–Kier alpha value is -3.74. The van der Waals surface area contributed by atoms with E-state index in [1.165, 1.54) is 6.42 Å². The summed E-state index contributed by atoms with van der Waals surface area (Å²) in [5, 5.41) is 11.4. The maximum absolute atomic E-state index is 14.7. The first-order valence-corrected chi connectivity index (χ1v) is 22.5. The molecule has 1 aromatic heterocycles. The second-order valence-corrected chi connectivity index (χ2v) is 18.8. The highest BCUT2D eigenvalue weighted by molar-refractivity contribution is 6.36. The van der Waals surface area contributed by atoms with Crippen molar-refractivity contribution in [2.24, 2.45) is 29.1 Å². The first-order valence-electron chi connectivity index (χ1n) is 22.1. The maximum Gasteiger partial charge on any atom is 0.310 e. The van der Waals surface area contributed by atoms with Crippen molar-refractivity contribution in [3.63, 3.8) is 0 Å². The lowest BCUT2D eigenvalue weighted by Crippen LogP contribution is -2.45. The number of carboxylic acid groups (broad SMARTS) is 1. The lowest BCUT2D eigenvalue weighted by atomic mass is 9.90. The van der Waals surface area contributed by atoms with Gasteiger partial charge in [-0.3, -0.25) is 24.1 Å². The molecule has 13 heteroatoms. The summed E-state index contributed by atoms with van der Waals surface area (Å²) in [6, 6.07) is 4.67. The summed E-state index contributed by atoms with van der Waals surface area (Å²) >= 11 is 7.02. The predicted molar refractivity (Wildman–Crippen MR) is 222 cm³/mol. The minimum atomic E-state index is -1.10. The quantitative estimate of drug-likeness (QED) is 0.225. The summed E-state index contributed by atoms with van der Waals surface area (Å²) in [4.78, 5) is 64.1. The Morgan fingerprint density at radius 1 is 0.983 bits per heavy atom. The number of aliphatic carboxylic acids is 1. The van der Waals surface area contributed by atoms with Crippen LogP contribution in [-0.4, -0.2) is 108 Å². The SMILES string of the molecule is CC(C)=Cc1cc(O[C@@H]2C[C@H]3C(=O)C[C@]4(C(=O)O)C[C@H]4CCCCCCC[C@H](CC(=O)OC4C[C@@H]5C[C@@H]5C4)C(=O)N3C2)c2ccc(OCCN3CCOCC3)c(Cl)c2n1. The summed E-state index contributed by atoms with van der Waals surface area (Å²) in [6.45, 7) is 8.40. The number of hydrogen-bond donors (Lipinski definition) is 1. The number of esters is 1. The zero-order valence-electron chi connectivity index (χ0n) is 34.6. The van der Waals surface area contributed by atoms with E-state index in [0.29, 0.717) is 77.6 Å². The van der Waals surface area contributed by atoms with Gasteiger partial charge < -0.3 is 29.0 Å². The van der Waals surface area contributed by atoms with E-state index in [1.807, 2.05) is 38.1 Å². The Morgan fingerprint density at radius 3 is 2.47 bits per heavy atom. The maximum atomic E-state index is 14.7. The zero-order valence-corrected chi connectivity index (χ0v) is 35.4. The monoisotopic (exact) mass is 833 g/mol. The number of halogens is 1. The van der Waals surface area contributed by atoms with Crippen LogP contribution in [0.3, 0.4) is 0 Å². The smallest absolute Gasteiger partial charge is 0.310 e. The molecule has 8 atom stereocenters. The van der Waals surface area contributed by atoms with E-state index in [9.17, 15) is 24.3 Å². The molecule has 1 N–H and O–H groups in total. The fourth-order valence-corrected chi connectivity index (χ4v) is 10.6. The van der Waals surface area contributed by atoms with E-state index >= 15 is 0 Å². The van der Waals surface area contributed by atoms with Crippen molar-refractivity contribution >= 4 is 52.2 Å². The molecule has 0 radical (unpaired) electrons. The summed E-state index contributed by atoms with van der Waals surface area (Å²) in [6.07, 6.45) is 10.7. The Balaban J connectivity index is 1.05. The fourth-order valence-electron chi connectivity index (χ4n) is 10.3. The molecular formula is C46H60ClN3O9. The molecule has 320 valence electrons. The molecule has 12 nitrogen and oxygen atoms in total. The highest BCUT2D eigenvalue weighted by atomic mass is 35.5. The molecule has 1 aromatic carbocycles. The van der Waals surface area contributed by atoms with Crippen molar-refractivity contribution in [1.29, 1.82) is 0 Å². The Bertz CT molecular complexity index is 1940. The molecule has 3 aliphatic carbocycles. The van der Waals surface area contributed by atoms with Gasteiger partial charge in [0.2, 0.25) is 5.91 Å². The average molecular weight is 834 g/mol. The van der Waals surface area contributed by atoms with Gasteiger partial charge in [0, 0.05) is 49.8 Å². The molecule has 59 heavy (non-hydrogen) atoms. The molecule has 4 heterocycles. The fraction of sp³-hybridized carbons (Fsp3) is 0.674. The molecule has 2 aromatic rings. The van der Waals surface area contributed by atoms with Crippen molar-refractivity contribution in [3.8, 4) is 11.5 Å². The van der Waals surface area contributed by atoms with Crippen molar-refractivity contribution in [2.75, 3.05) is 46.0 Å². The second kappa shape index (κ2) is 18.1. The van der Waals surface area contributed by atoms with Gasteiger partial charge in [-0.25, -0.2) is 4.98 Å². The number of aromatic nitrogens is 1. The molecule has 0 spiro atoms.